The van der Waals surface area contributed by atoms with E-state index >= 15 is 0 Å². The molecule has 36 heteroatoms. The van der Waals surface area contributed by atoms with Crippen LogP contribution in [0.3, 0.4) is 0 Å². The van der Waals surface area contributed by atoms with Gasteiger partial charge in [-0.2, -0.15) is 13.2 Å². The Morgan fingerprint density at radius 1 is 0.650 bits per heavy atom. The minimum atomic E-state index is -4.85. The van der Waals surface area contributed by atoms with Gasteiger partial charge in [-0.15, -0.1) is 16.7 Å². The number of aromatic hydroxyl groups is 1. The highest BCUT2D eigenvalue weighted by atomic mass is 35.5. The van der Waals surface area contributed by atoms with E-state index in [4.69, 9.17) is 39.3 Å². The number of carbonyl (C=O) groups is 8. The Morgan fingerprint density at radius 2 is 1.29 bits per heavy atom. The number of aryl methyl sites for hydroxylation is 1. The highest BCUT2D eigenvalue weighted by Gasteiger charge is 2.35. The maximum Gasteiger partial charge on any atom is 0.416 e. The summed E-state index contributed by atoms with van der Waals surface area (Å²) >= 11 is 7.00. The number of halogens is 6. The number of nitrogens with two attached hydrogens (primary N) is 4. The summed E-state index contributed by atoms with van der Waals surface area (Å²) < 4.78 is 77.4. The van der Waals surface area contributed by atoms with Crippen molar-refractivity contribution in [3.63, 3.8) is 0 Å². The van der Waals surface area contributed by atoms with E-state index in [-0.39, 0.29) is 78.2 Å². The zero-order valence-corrected chi connectivity index (χ0v) is 66.1. The Labute approximate surface area is 692 Å². The molecule has 1 aromatic heterocycles. The van der Waals surface area contributed by atoms with Gasteiger partial charge in [0.25, 0.3) is 29.3 Å². The van der Waals surface area contributed by atoms with Crippen molar-refractivity contribution < 1.29 is 85.3 Å². The number of anilines is 4. The molecule has 29 nitrogen and oxygen atoms in total. The molecule has 0 aliphatic heterocycles. The first kappa shape index (κ1) is 94.7. The Kier molecular flexibility index (Phi) is 36.3. The van der Waals surface area contributed by atoms with Crippen LogP contribution in [0.1, 0.15) is 80.1 Å². The molecule has 10 aromatic carbocycles. The van der Waals surface area contributed by atoms with Crippen LogP contribution in [0.25, 0.3) is 21.5 Å². The summed E-state index contributed by atoms with van der Waals surface area (Å²) in [7, 11) is 0. The van der Waals surface area contributed by atoms with Crippen molar-refractivity contribution in [3.8, 4) is 11.5 Å². The smallest absolute Gasteiger partial charge is 0.416 e. The standard InChI is InChI=1S/C23H19F5N2OS.C19H16N4O4.C18H26N4O6.C14H13ClN2O.C10H8N2O2.H2O/c1-22(24,25)15-11-16(23(26,27)28)13-17(12-15)30-21(31)20(14-7-3-2-4-8-14)32-19-10-6-5-9-18(19)29;20-15-7-14(8-16(10-15)23-26)19(25)22-21-18(24)11-27-17-6-5-12-3-1-2-4-13(12)9-17;1-3-28-16(25)10-20-15(24)9-21-17(26)11(2)22-18(27)14(19)8-12-4-6-13(23)7-5-12;1-10-2-3-12(15)8-13(10)14(18)17-9-11-4-6-16-7-5-11;11-8-5-1-3-7-4-2-6-9(10(7)8)12(13)14;/h2-13,20H,29H2,1H3,(H,30,31);1-10H,11,20H2,(H,21,24)(H,22,25);4-7,11,14,23H,3,8-10,19H2,1-2H3,(H,20,24)(H,21,26)(H,22,27);2-8H,9H2,1H3,(H,17,18);1-6H,11H2;1H2. The van der Waals surface area contributed by atoms with Gasteiger partial charge in [0.2, 0.25) is 23.6 Å². The maximum absolute atomic E-state index is 13.8. The number of nitrogen functional groups attached to an aromatic ring is 3. The molecule has 0 bridgehead atoms. The number of nitro groups is 1. The third-order valence-electron chi connectivity index (χ3n) is 16.7. The molecule has 11 rings (SSSR count). The molecule has 0 spiro atoms. The van der Waals surface area contributed by atoms with Crippen LogP contribution in [0, 0.1) is 21.9 Å². The quantitative estimate of drug-likeness (QED) is 0.00481. The predicted octanol–water partition coefficient (Wildman–Crippen LogP) is 12.6. The molecule has 120 heavy (non-hydrogen) atoms. The number of para-hydroxylation sites is 1. The van der Waals surface area contributed by atoms with Crippen LogP contribution in [0.2, 0.25) is 5.02 Å². The fraction of sp³-hybridized carbons (Fsp3) is 0.179. The number of fused-ring (bicyclic) bond motifs is 2. The van der Waals surface area contributed by atoms with Gasteiger partial charge in [-0.3, -0.25) is 64.3 Å². The van der Waals surface area contributed by atoms with E-state index in [1.54, 1.807) is 135 Å². The first-order valence-electron chi connectivity index (χ1n) is 35.9. The Bertz CT molecular complexity index is 5360. The van der Waals surface area contributed by atoms with Gasteiger partial charge in [0.1, 0.15) is 35.0 Å². The number of amides is 7. The number of hydrogen-bond acceptors (Lipinski definition) is 21. The largest absolute Gasteiger partial charge is 0.508 e. The van der Waals surface area contributed by atoms with Gasteiger partial charge in [-0.05, 0) is 174 Å². The number of non-ortho nitro benzene ring substituents is 1. The van der Waals surface area contributed by atoms with Gasteiger partial charge >= 0.3 is 12.1 Å². The number of phenols is 1. The van der Waals surface area contributed by atoms with E-state index < -0.39 is 86.9 Å². The highest BCUT2D eigenvalue weighted by molar-refractivity contribution is 8.00. The number of ether oxygens (including phenoxy) is 2. The molecule has 1 heterocycles. The minimum Gasteiger partial charge on any atom is -0.508 e. The van der Waals surface area contributed by atoms with Crippen molar-refractivity contribution in [3.05, 3.63) is 301 Å². The van der Waals surface area contributed by atoms with E-state index in [1.807, 2.05) is 61.5 Å². The molecule has 0 radical (unpaired) electrons. The number of benzene rings is 10. The van der Waals surface area contributed by atoms with Crippen molar-refractivity contribution in [1.82, 2.24) is 37.1 Å². The molecule has 0 aliphatic rings. The Hall–Kier alpha value is -14.2. The number of nitrogens with zero attached hydrogens (tertiary/aromatic N) is 3. The van der Waals surface area contributed by atoms with Crippen molar-refractivity contribution in [1.29, 1.82) is 0 Å². The Morgan fingerprint density at radius 3 is 1.95 bits per heavy atom. The number of pyridine rings is 1. The molecule has 0 aliphatic carbocycles. The van der Waals surface area contributed by atoms with E-state index in [0.717, 1.165) is 50.7 Å². The van der Waals surface area contributed by atoms with Gasteiger partial charge in [-0.1, -0.05) is 127 Å². The normalized spacial score (nSPS) is 11.4. The zero-order valence-electron chi connectivity index (χ0n) is 64.6. The van der Waals surface area contributed by atoms with Crippen molar-refractivity contribution in [2.24, 2.45) is 10.9 Å². The minimum absolute atomic E-state index is 0. The highest BCUT2D eigenvalue weighted by Crippen LogP contribution is 2.41. The number of carbonyl (C=O) groups excluding carboxylic acids is 8. The van der Waals surface area contributed by atoms with E-state index in [2.05, 4.69) is 52.3 Å². The summed E-state index contributed by atoms with van der Waals surface area (Å²) in [5, 5.41) is 38.1. The number of aromatic nitrogens is 1. The number of rotatable bonds is 25. The molecule has 0 saturated carbocycles. The van der Waals surface area contributed by atoms with E-state index in [1.165, 1.54) is 43.3 Å². The number of nitro benzene ring substituents is 1. The van der Waals surface area contributed by atoms with Crippen LogP contribution in [0.4, 0.5) is 56.1 Å². The number of nitrogens with one attached hydrogen (secondary N) is 7. The lowest BCUT2D eigenvalue weighted by molar-refractivity contribution is -0.383. The second-order valence-electron chi connectivity index (χ2n) is 25.8. The molecular formula is C84H84ClF5N14O15S. The SMILES string of the molecule is CC(F)(F)c1cc(NC(=O)C(Sc2ccccc2N)c2ccccc2)cc(C(F)(F)F)c1.CCOC(=O)CNC(=O)CNC(=O)C(C)NC(=O)C(N)Cc1ccc(O)cc1.Cc1ccc(Cl)cc1C(=O)NCc1ccncc1.Nc1cc(N=O)cc(C(=O)NNC(=O)COc2ccc3ccccc3c2)c1.Nc1cccc2cccc([N+](=O)[O-])c12.O. The summed E-state index contributed by atoms with van der Waals surface area (Å²) in [6, 6.07) is 58.1. The average Bonchev–Trinajstić information content (AvgIpc) is 0.808. The van der Waals surface area contributed by atoms with E-state index in [9.17, 15) is 80.4 Å². The van der Waals surface area contributed by atoms with Gasteiger partial charge in [0, 0.05) is 81.3 Å². The monoisotopic (exact) mass is 1690 g/mol. The number of thioether (sulfide) groups is 1. The third kappa shape index (κ3) is 30.5. The van der Waals surface area contributed by atoms with E-state index in [0.29, 0.717) is 69.2 Å². The number of hydrazine groups is 1. The fourth-order valence-corrected chi connectivity index (χ4v) is 11.9. The van der Waals surface area contributed by atoms with Crippen LogP contribution in [0.5, 0.6) is 11.5 Å². The summed E-state index contributed by atoms with van der Waals surface area (Å²) in [6.07, 6.45) is -1.22. The van der Waals surface area contributed by atoms with Crippen molar-refractivity contribution in [2.45, 2.75) is 75.0 Å². The first-order chi connectivity index (χ1) is 56.6. The summed E-state index contributed by atoms with van der Waals surface area (Å²) in [5.74, 6) is -7.09. The van der Waals surface area contributed by atoms with Crippen LogP contribution in [-0.4, -0.2) is 106 Å². The van der Waals surface area contributed by atoms with Crippen molar-refractivity contribution in [2.75, 3.05) is 48.8 Å². The molecule has 7 amide bonds. The average molecular weight is 1690 g/mol. The lowest BCUT2D eigenvalue weighted by Gasteiger charge is -2.20. The lowest BCUT2D eigenvalue weighted by atomic mass is 10.0. The van der Waals surface area contributed by atoms with Gasteiger partial charge in [0.15, 0.2) is 6.61 Å². The zero-order chi connectivity index (χ0) is 86.9. The fourth-order valence-electron chi connectivity index (χ4n) is 10.6. The maximum atomic E-state index is 13.8. The third-order valence-corrected chi connectivity index (χ3v) is 18.2. The number of esters is 1. The van der Waals surface area contributed by atoms with Gasteiger partial charge in [0.05, 0.1) is 35.1 Å². The second-order valence-corrected chi connectivity index (χ2v) is 27.4. The number of nitroso groups, excluding NO2 is 1. The van der Waals surface area contributed by atoms with Gasteiger partial charge in [-0.25, -0.2) is 8.78 Å². The molecular weight excluding hydrogens is 1610 g/mol. The lowest BCUT2D eigenvalue weighted by Crippen LogP contribution is -2.52. The number of hydrogen-bond donors (Lipinski definition) is 12. The molecule has 0 saturated heterocycles. The summed E-state index contributed by atoms with van der Waals surface area (Å²) in [4.78, 5) is 121. The molecule has 0 fully saturated rings. The summed E-state index contributed by atoms with van der Waals surface area (Å²) in [6.45, 7) is 5.25. The van der Waals surface area contributed by atoms with Crippen LogP contribution < -0.4 is 65.1 Å². The predicted molar refractivity (Wildman–Crippen MR) is 447 cm³/mol. The number of alkyl halides is 5. The Balaban J connectivity index is 0.000000238. The summed E-state index contributed by atoms with van der Waals surface area (Å²) in [5.41, 5.74) is 30.2. The topological polar surface area (TPSA) is 480 Å². The van der Waals surface area contributed by atoms with Crippen molar-refractivity contribution >= 4 is 126 Å². The molecule has 628 valence electrons. The van der Waals surface area contributed by atoms with Gasteiger partial charge < -0.3 is 69.6 Å². The molecule has 3 unspecified atom stereocenters. The number of phenolic OH excluding ortho intramolecular Hbond substituents is 1. The first-order valence-corrected chi connectivity index (χ1v) is 37.2. The van der Waals surface area contributed by atoms with Crippen LogP contribution in [-0.2, 0) is 58.6 Å². The van der Waals surface area contributed by atoms with Crippen LogP contribution in [0.15, 0.2) is 247 Å². The van der Waals surface area contributed by atoms with Crippen LogP contribution >= 0.6 is 23.4 Å². The molecule has 18 N–H and O–H groups in total. The molecule has 11 aromatic rings. The second kappa shape index (κ2) is 46.0. The molecule has 3 atom stereocenters.